The summed E-state index contributed by atoms with van der Waals surface area (Å²) in [5.41, 5.74) is 2.45. The molecule has 0 unspecified atom stereocenters. The van der Waals surface area contributed by atoms with Gasteiger partial charge in [0.15, 0.2) is 0 Å². The molecule has 3 nitrogen and oxygen atoms in total. The first-order chi connectivity index (χ1) is 9.20. The molecular formula is C16H22N2O. The lowest BCUT2D eigenvalue weighted by Crippen LogP contribution is -2.39. The van der Waals surface area contributed by atoms with Crippen LogP contribution in [0.5, 0.6) is 0 Å². The number of hydrogen-bond donors (Lipinski definition) is 1. The predicted molar refractivity (Wildman–Crippen MR) is 77.8 cm³/mol. The van der Waals surface area contributed by atoms with Crippen molar-refractivity contribution in [2.75, 3.05) is 13.1 Å². The minimum atomic E-state index is 0.186. The Bertz CT molecular complexity index is 452. The smallest absolute Gasteiger partial charge is 0.237 e. The molecular weight excluding hydrogens is 236 g/mol. The predicted octanol–water partition coefficient (Wildman–Crippen LogP) is 2.26. The number of carbonyl (C=O) groups excluding carboxylic acids is 1. The van der Waals surface area contributed by atoms with Crippen molar-refractivity contribution in [2.45, 2.75) is 32.4 Å². The number of nitrogens with zero attached hydrogens (tertiary/aromatic N) is 1. The second kappa shape index (κ2) is 6.53. The number of hydrogen-bond acceptors (Lipinski definition) is 2. The van der Waals surface area contributed by atoms with Gasteiger partial charge in [0.05, 0.1) is 6.54 Å². The van der Waals surface area contributed by atoms with E-state index in [-0.39, 0.29) is 5.91 Å². The van der Waals surface area contributed by atoms with E-state index >= 15 is 0 Å². The van der Waals surface area contributed by atoms with Gasteiger partial charge in [-0.05, 0) is 25.3 Å². The Morgan fingerprint density at radius 3 is 2.95 bits per heavy atom. The van der Waals surface area contributed by atoms with Crippen LogP contribution in [-0.4, -0.2) is 29.9 Å². The van der Waals surface area contributed by atoms with E-state index in [9.17, 15) is 4.79 Å². The fourth-order valence-electron chi connectivity index (χ4n) is 2.20. The number of carbonyl (C=O) groups is 1. The third-order valence-corrected chi connectivity index (χ3v) is 3.31. The molecule has 19 heavy (non-hydrogen) atoms. The summed E-state index contributed by atoms with van der Waals surface area (Å²) in [6.07, 6.45) is 4.05. The minimum Gasteiger partial charge on any atom is -0.334 e. The largest absolute Gasteiger partial charge is 0.334 e. The zero-order chi connectivity index (χ0) is 13.7. The van der Waals surface area contributed by atoms with Crippen LogP contribution in [0.2, 0.25) is 0 Å². The third kappa shape index (κ3) is 4.21. The Morgan fingerprint density at radius 2 is 2.32 bits per heavy atom. The lowest BCUT2D eigenvalue weighted by Gasteiger charge is -2.23. The molecule has 0 radical (unpaired) electrons. The molecule has 0 spiro atoms. The molecule has 1 aliphatic carbocycles. The fraction of sp³-hybridized carbons (Fsp3) is 0.438. The zero-order valence-corrected chi connectivity index (χ0v) is 11.6. The van der Waals surface area contributed by atoms with E-state index in [1.807, 2.05) is 4.90 Å². The molecule has 1 amide bonds. The lowest BCUT2D eigenvalue weighted by atomic mass is 10.1. The molecule has 1 aromatic rings. The first-order valence-corrected chi connectivity index (χ1v) is 6.87. The standard InChI is InChI=1S/C16H22N2O/c1-3-9-17-11-16(19)18(15-7-8-15)12-14-6-4-5-13(2)10-14/h3-6,10,15,17H,1,7-9,11-12H2,2H3. The average molecular weight is 258 g/mol. The molecule has 2 rings (SSSR count). The summed E-state index contributed by atoms with van der Waals surface area (Å²) < 4.78 is 0. The van der Waals surface area contributed by atoms with Crippen molar-refractivity contribution >= 4 is 5.91 Å². The summed E-state index contributed by atoms with van der Waals surface area (Å²) in [5, 5.41) is 3.09. The third-order valence-electron chi connectivity index (χ3n) is 3.31. The molecule has 1 fully saturated rings. The normalized spacial score (nSPS) is 14.2. The summed E-state index contributed by atoms with van der Waals surface area (Å²) in [4.78, 5) is 14.2. The van der Waals surface area contributed by atoms with Gasteiger partial charge in [0.2, 0.25) is 5.91 Å². The van der Waals surface area contributed by atoms with Gasteiger partial charge in [-0.3, -0.25) is 4.79 Å². The molecule has 1 aromatic carbocycles. The van der Waals surface area contributed by atoms with Crippen LogP contribution in [0.4, 0.5) is 0 Å². The topological polar surface area (TPSA) is 32.3 Å². The average Bonchev–Trinajstić information content (AvgIpc) is 3.20. The maximum absolute atomic E-state index is 12.2. The van der Waals surface area contributed by atoms with E-state index in [0.29, 0.717) is 19.1 Å². The molecule has 0 saturated heterocycles. The van der Waals surface area contributed by atoms with Crippen molar-refractivity contribution in [1.82, 2.24) is 10.2 Å². The Labute approximate surface area is 115 Å². The van der Waals surface area contributed by atoms with Crippen LogP contribution >= 0.6 is 0 Å². The van der Waals surface area contributed by atoms with E-state index in [4.69, 9.17) is 0 Å². The Morgan fingerprint density at radius 1 is 1.53 bits per heavy atom. The van der Waals surface area contributed by atoms with Gasteiger partial charge in [-0.2, -0.15) is 0 Å². The van der Waals surface area contributed by atoms with Crippen molar-refractivity contribution in [3.05, 3.63) is 48.0 Å². The molecule has 0 atom stereocenters. The first kappa shape index (κ1) is 13.8. The van der Waals surface area contributed by atoms with Gasteiger partial charge in [0.1, 0.15) is 0 Å². The molecule has 0 aliphatic heterocycles. The second-order valence-electron chi connectivity index (χ2n) is 5.16. The summed E-state index contributed by atoms with van der Waals surface area (Å²) in [6.45, 7) is 7.52. The maximum atomic E-state index is 12.2. The lowest BCUT2D eigenvalue weighted by molar-refractivity contribution is -0.131. The Balaban J connectivity index is 1.96. The molecule has 1 aliphatic rings. The summed E-state index contributed by atoms with van der Waals surface area (Å²) in [7, 11) is 0. The van der Waals surface area contributed by atoms with Crippen LogP contribution in [0.1, 0.15) is 24.0 Å². The highest BCUT2D eigenvalue weighted by Crippen LogP contribution is 2.28. The molecule has 0 aromatic heterocycles. The quantitative estimate of drug-likeness (QED) is 0.601. The summed E-state index contributed by atoms with van der Waals surface area (Å²) in [5.74, 6) is 0.186. The van der Waals surface area contributed by atoms with Gasteiger partial charge in [0, 0.05) is 19.1 Å². The number of amides is 1. The number of benzene rings is 1. The Kier molecular flexibility index (Phi) is 4.74. The van der Waals surface area contributed by atoms with Crippen LogP contribution in [-0.2, 0) is 11.3 Å². The van der Waals surface area contributed by atoms with Crippen LogP contribution < -0.4 is 5.32 Å². The number of aryl methyl sites for hydroxylation is 1. The molecule has 0 heterocycles. The Hall–Kier alpha value is -1.61. The van der Waals surface area contributed by atoms with Gasteiger partial charge in [-0.15, -0.1) is 6.58 Å². The summed E-state index contributed by atoms with van der Waals surface area (Å²) in [6, 6.07) is 8.82. The van der Waals surface area contributed by atoms with Crippen molar-refractivity contribution < 1.29 is 4.79 Å². The van der Waals surface area contributed by atoms with Crippen LogP contribution in [0.15, 0.2) is 36.9 Å². The van der Waals surface area contributed by atoms with E-state index < -0.39 is 0 Å². The van der Waals surface area contributed by atoms with Crippen LogP contribution in [0, 0.1) is 6.92 Å². The molecule has 1 saturated carbocycles. The van der Waals surface area contributed by atoms with E-state index in [0.717, 1.165) is 19.4 Å². The van der Waals surface area contributed by atoms with Crippen molar-refractivity contribution in [2.24, 2.45) is 0 Å². The molecule has 102 valence electrons. The summed E-state index contributed by atoms with van der Waals surface area (Å²) >= 11 is 0. The van der Waals surface area contributed by atoms with E-state index in [1.54, 1.807) is 6.08 Å². The first-order valence-electron chi connectivity index (χ1n) is 6.87. The second-order valence-corrected chi connectivity index (χ2v) is 5.16. The van der Waals surface area contributed by atoms with E-state index in [1.165, 1.54) is 11.1 Å². The van der Waals surface area contributed by atoms with Crippen molar-refractivity contribution in [3.63, 3.8) is 0 Å². The van der Waals surface area contributed by atoms with Gasteiger partial charge in [-0.1, -0.05) is 35.9 Å². The highest BCUT2D eigenvalue weighted by molar-refractivity contribution is 5.79. The van der Waals surface area contributed by atoms with Crippen LogP contribution in [0.3, 0.4) is 0 Å². The molecule has 0 bridgehead atoms. The van der Waals surface area contributed by atoms with Gasteiger partial charge < -0.3 is 10.2 Å². The van der Waals surface area contributed by atoms with Gasteiger partial charge >= 0.3 is 0 Å². The fourth-order valence-corrected chi connectivity index (χ4v) is 2.20. The number of rotatable bonds is 7. The monoisotopic (exact) mass is 258 g/mol. The van der Waals surface area contributed by atoms with E-state index in [2.05, 4.69) is 43.1 Å². The van der Waals surface area contributed by atoms with Crippen LogP contribution in [0.25, 0.3) is 0 Å². The molecule has 3 heteroatoms. The maximum Gasteiger partial charge on any atom is 0.237 e. The SMILES string of the molecule is C=CCNCC(=O)N(Cc1cccc(C)c1)C1CC1. The van der Waals surface area contributed by atoms with Crippen molar-refractivity contribution in [1.29, 1.82) is 0 Å². The zero-order valence-electron chi connectivity index (χ0n) is 11.6. The van der Waals surface area contributed by atoms with Crippen molar-refractivity contribution in [3.8, 4) is 0 Å². The highest BCUT2D eigenvalue weighted by atomic mass is 16.2. The van der Waals surface area contributed by atoms with Gasteiger partial charge in [0.25, 0.3) is 0 Å². The number of nitrogens with one attached hydrogen (secondary N) is 1. The molecule has 1 N–H and O–H groups in total. The van der Waals surface area contributed by atoms with Gasteiger partial charge in [-0.25, -0.2) is 0 Å². The highest BCUT2D eigenvalue weighted by Gasteiger charge is 2.32. The minimum absolute atomic E-state index is 0.186.